The van der Waals surface area contributed by atoms with Gasteiger partial charge in [0.1, 0.15) is 0 Å². The zero-order chi connectivity index (χ0) is 14.5. The maximum Gasteiger partial charge on any atom is 0.338 e. The molecule has 0 amide bonds. The van der Waals surface area contributed by atoms with Crippen molar-refractivity contribution in [2.24, 2.45) is 11.8 Å². The van der Waals surface area contributed by atoms with Crippen molar-refractivity contribution in [1.29, 1.82) is 0 Å². The Morgan fingerprint density at radius 3 is 2.80 bits per heavy atom. The van der Waals surface area contributed by atoms with Crippen molar-refractivity contribution in [2.75, 3.05) is 6.61 Å². The van der Waals surface area contributed by atoms with Gasteiger partial charge in [0, 0.05) is 11.8 Å². The minimum absolute atomic E-state index is 0.259. The Bertz CT molecular complexity index is 559. The molecule has 0 radical (unpaired) electrons. The van der Waals surface area contributed by atoms with Crippen molar-refractivity contribution >= 4 is 5.97 Å². The molecule has 2 rings (SSSR count). The summed E-state index contributed by atoms with van der Waals surface area (Å²) in [4.78, 5) is 26.2. The molecule has 1 heterocycles. The van der Waals surface area contributed by atoms with Gasteiger partial charge in [-0.25, -0.2) is 4.79 Å². The second-order valence-corrected chi connectivity index (χ2v) is 5.39. The number of aromatic nitrogens is 1. The Morgan fingerprint density at radius 1 is 1.35 bits per heavy atom. The van der Waals surface area contributed by atoms with Crippen molar-refractivity contribution < 1.29 is 9.53 Å². The first-order valence-electron chi connectivity index (χ1n) is 7.15. The number of esters is 1. The number of carbonyl (C=O) groups is 1. The molecule has 1 aromatic rings. The Balaban J connectivity index is 2.00. The first kappa shape index (κ1) is 14.6. The van der Waals surface area contributed by atoms with Crippen LogP contribution in [0.5, 0.6) is 0 Å². The number of hydrogen-bond acceptors (Lipinski definition) is 3. The van der Waals surface area contributed by atoms with Crippen LogP contribution in [0.15, 0.2) is 29.1 Å². The van der Waals surface area contributed by atoms with Crippen LogP contribution in [0.25, 0.3) is 0 Å². The summed E-state index contributed by atoms with van der Waals surface area (Å²) in [6.07, 6.45) is 6.98. The lowest BCUT2D eigenvalue weighted by Crippen LogP contribution is -2.22. The number of rotatable bonds is 4. The number of aromatic amines is 1. The van der Waals surface area contributed by atoms with Gasteiger partial charge < -0.3 is 9.72 Å². The van der Waals surface area contributed by atoms with E-state index in [1.165, 1.54) is 6.07 Å². The molecule has 4 nitrogen and oxygen atoms in total. The molecule has 20 heavy (non-hydrogen) atoms. The van der Waals surface area contributed by atoms with Crippen LogP contribution in [-0.2, 0) is 11.2 Å². The fraction of sp³-hybridized carbons (Fsp3) is 0.500. The predicted octanol–water partition coefficient (Wildman–Crippen LogP) is 2.70. The lowest BCUT2D eigenvalue weighted by Gasteiger charge is -2.24. The average molecular weight is 275 g/mol. The van der Waals surface area contributed by atoms with Gasteiger partial charge in [0.15, 0.2) is 0 Å². The first-order valence-corrected chi connectivity index (χ1v) is 7.15. The summed E-state index contributed by atoms with van der Waals surface area (Å²) < 4.78 is 5.37. The fourth-order valence-electron chi connectivity index (χ4n) is 2.41. The Labute approximate surface area is 118 Å². The van der Waals surface area contributed by atoms with Crippen molar-refractivity contribution in [3.8, 4) is 0 Å². The monoisotopic (exact) mass is 275 g/mol. The summed E-state index contributed by atoms with van der Waals surface area (Å²) in [6.45, 7) is 4.51. The van der Waals surface area contributed by atoms with Gasteiger partial charge in [-0.2, -0.15) is 0 Å². The maximum absolute atomic E-state index is 12.0. The number of aryl methyl sites for hydroxylation is 1. The van der Waals surface area contributed by atoms with Crippen molar-refractivity contribution in [2.45, 2.75) is 33.1 Å². The van der Waals surface area contributed by atoms with E-state index in [-0.39, 0.29) is 5.56 Å². The van der Waals surface area contributed by atoms with Gasteiger partial charge in [0.05, 0.1) is 12.2 Å². The maximum atomic E-state index is 12.0. The molecule has 0 saturated heterocycles. The minimum Gasteiger partial charge on any atom is -0.462 e. The summed E-state index contributed by atoms with van der Waals surface area (Å²) in [6, 6.07) is 2.99. The second kappa shape index (κ2) is 6.55. The van der Waals surface area contributed by atoms with Crippen LogP contribution >= 0.6 is 0 Å². The summed E-state index contributed by atoms with van der Waals surface area (Å²) in [7, 11) is 0. The summed E-state index contributed by atoms with van der Waals surface area (Å²) in [5, 5.41) is 0. The number of ether oxygens (including phenoxy) is 1. The molecule has 0 fully saturated rings. The predicted molar refractivity (Wildman–Crippen MR) is 77.8 cm³/mol. The van der Waals surface area contributed by atoms with Crippen LogP contribution in [0.3, 0.4) is 0 Å². The van der Waals surface area contributed by atoms with E-state index in [2.05, 4.69) is 24.1 Å². The normalized spacial score (nSPS) is 21.7. The van der Waals surface area contributed by atoms with Crippen LogP contribution in [-0.4, -0.2) is 17.6 Å². The van der Waals surface area contributed by atoms with Gasteiger partial charge in [-0.05, 0) is 37.2 Å². The summed E-state index contributed by atoms with van der Waals surface area (Å²) in [5.41, 5.74) is 0.827. The molecule has 108 valence electrons. The Morgan fingerprint density at radius 2 is 2.10 bits per heavy atom. The average Bonchev–Trinajstić information content (AvgIpc) is 2.45. The van der Waals surface area contributed by atoms with Crippen molar-refractivity contribution in [1.82, 2.24) is 4.98 Å². The van der Waals surface area contributed by atoms with Crippen LogP contribution < -0.4 is 5.56 Å². The van der Waals surface area contributed by atoms with E-state index in [1.807, 2.05) is 6.92 Å². The summed E-state index contributed by atoms with van der Waals surface area (Å²) in [5.74, 6) is 0.488. The van der Waals surface area contributed by atoms with Crippen LogP contribution in [0, 0.1) is 11.8 Å². The third-order valence-electron chi connectivity index (χ3n) is 3.86. The smallest absolute Gasteiger partial charge is 0.338 e. The highest BCUT2D eigenvalue weighted by Gasteiger charge is 2.20. The van der Waals surface area contributed by atoms with E-state index in [0.717, 1.165) is 18.5 Å². The summed E-state index contributed by atoms with van der Waals surface area (Å²) >= 11 is 0. The second-order valence-electron chi connectivity index (χ2n) is 5.39. The fourth-order valence-corrected chi connectivity index (χ4v) is 2.41. The van der Waals surface area contributed by atoms with Gasteiger partial charge in [0.25, 0.3) is 0 Å². The third kappa shape index (κ3) is 3.59. The van der Waals surface area contributed by atoms with Crippen LogP contribution in [0.4, 0.5) is 0 Å². The van der Waals surface area contributed by atoms with Crippen molar-refractivity contribution in [3.05, 3.63) is 45.9 Å². The topological polar surface area (TPSA) is 59.2 Å². The van der Waals surface area contributed by atoms with E-state index < -0.39 is 5.97 Å². The van der Waals surface area contributed by atoms with Gasteiger partial charge in [-0.15, -0.1) is 0 Å². The Hall–Kier alpha value is -1.84. The molecular weight excluding hydrogens is 254 g/mol. The molecule has 2 atom stereocenters. The van der Waals surface area contributed by atoms with E-state index in [1.54, 1.807) is 6.07 Å². The molecule has 0 unspecified atom stereocenters. The number of hydrogen-bond donors (Lipinski definition) is 1. The van der Waals surface area contributed by atoms with Gasteiger partial charge in [-0.1, -0.05) is 26.0 Å². The number of H-pyrrole nitrogens is 1. The molecule has 1 N–H and O–H groups in total. The van der Waals surface area contributed by atoms with Gasteiger partial charge in [-0.3, -0.25) is 4.79 Å². The van der Waals surface area contributed by atoms with E-state index in [9.17, 15) is 9.59 Å². The van der Waals surface area contributed by atoms with E-state index in [0.29, 0.717) is 30.4 Å². The largest absolute Gasteiger partial charge is 0.462 e. The standard InChI is InChI=1S/C16H21NO3/c1-3-14-8-13(9-15(18)17-14)16(19)20-10-12-7-5-4-6-11(12)2/h4-5,8-9,11-12H,3,6-7,10H2,1-2H3,(H,17,18)/t11-,12-/m1/s1. The van der Waals surface area contributed by atoms with Gasteiger partial charge >= 0.3 is 5.97 Å². The number of pyridine rings is 1. The highest BCUT2D eigenvalue weighted by molar-refractivity contribution is 5.89. The van der Waals surface area contributed by atoms with Gasteiger partial charge in [0.2, 0.25) is 5.56 Å². The molecule has 1 aromatic heterocycles. The lowest BCUT2D eigenvalue weighted by molar-refractivity contribution is 0.0395. The molecule has 1 aliphatic carbocycles. The number of nitrogens with one attached hydrogen (secondary N) is 1. The molecular formula is C16H21NO3. The lowest BCUT2D eigenvalue weighted by atomic mass is 9.85. The molecule has 0 aromatic carbocycles. The zero-order valence-corrected chi connectivity index (χ0v) is 12.0. The zero-order valence-electron chi connectivity index (χ0n) is 12.0. The first-order chi connectivity index (χ1) is 9.60. The number of allylic oxidation sites excluding steroid dienone is 2. The van der Waals surface area contributed by atoms with Crippen LogP contribution in [0.1, 0.15) is 42.7 Å². The molecule has 0 aliphatic heterocycles. The molecule has 0 spiro atoms. The molecule has 0 saturated carbocycles. The molecule has 1 aliphatic rings. The van der Waals surface area contributed by atoms with E-state index in [4.69, 9.17) is 4.74 Å². The Kier molecular flexibility index (Phi) is 4.77. The molecule has 4 heteroatoms. The highest BCUT2D eigenvalue weighted by atomic mass is 16.5. The SMILES string of the molecule is CCc1cc(C(=O)OC[C@H]2CC=CC[C@H]2C)cc(=O)[nH]1. The van der Waals surface area contributed by atoms with E-state index >= 15 is 0 Å². The van der Waals surface area contributed by atoms with Crippen LogP contribution in [0.2, 0.25) is 0 Å². The highest BCUT2D eigenvalue weighted by Crippen LogP contribution is 2.25. The minimum atomic E-state index is -0.410. The van der Waals surface area contributed by atoms with Crippen molar-refractivity contribution in [3.63, 3.8) is 0 Å². The third-order valence-corrected chi connectivity index (χ3v) is 3.86. The quantitative estimate of drug-likeness (QED) is 0.679. The number of carbonyl (C=O) groups excluding carboxylic acids is 1. The molecule has 0 bridgehead atoms.